The molecule has 206 valence electrons. The van der Waals surface area contributed by atoms with E-state index in [9.17, 15) is 27.9 Å². The number of nitrogens with one attached hydrogen (secondary N) is 2. The van der Waals surface area contributed by atoms with Crippen LogP contribution >= 0.6 is 0 Å². The number of nitrogens with zero attached hydrogens (tertiary/aromatic N) is 4. The average Bonchev–Trinajstić information content (AvgIpc) is 2.87. The second-order valence-corrected chi connectivity index (χ2v) is 9.30. The Balaban J connectivity index is 1.58. The number of alkyl halides is 3. The number of aliphatic hydroxyl groups excluding tert-OH is 2. The first-order chi connectivity index (χ1) is 18.0. The first-order valence-electron chi connectivity index (χ1n) is 12.1. The third kappa shape index (κ3) is 5.91. The van der Waals surface area contributed by atoms with Crippen molar-refractivity contribution >= 4 is 29.3 Å². The molecule has 2 bridgehead atoms. The number of aromatic nitrogens is 2. The van der Waals surface area contributed by atoms with E-state index in [1.54, 1.807) is 6.92 Å². The largest absolute Gasteiger partial charge is 0.489 e. The molecule has 0 aromatic carbocycles. The van der Waals surface area contributed by atoms with Crippen molar-refractivity contribution in [3.63, 3.8) is 0 Å². The summed E-state index contributed by atoms with van der Waals surface area (Å²) >= 11 is 0. The first-order valence-corrected chi connectivity index (χ1v) is 12.1. The smallest absolute Gasteiger partial charge is 0.408 e. The maximum Gasteiger partial charge on any atom is 0.408 e. The third-order valence-electron chi connectivity index (χ3n) is 6.39. The number of aliphatic hydroxyl groups is 2. The topological polar surface area (TPSA) is 140 Å². The van der Waals surface area contributed by atoms with Gasteiger partial charge in [-0.1, -0.05) is 0 Å². The molecule has 0 aliphatic carbocycles. The van der Waals surface area contributed by atoms with Crippen molar-refractivity contribution < 1.29 is 37.7 Å². The maximum absolute atomic E-state index is 13.4. The summed E-state index contributed by atoms with van der Waals surface area (Å²) < 4.78 is 44.3. The molecule has 0 unspecified atom stereocenters. The van der Waals surface area contributed by atoms with E-state index < -0.39 is 36.9 Å². The van der Waals surface area contributed by atoms with E-state index in [0.717, 1.165) is 19.9 Å². The van der Waals surface area contributed by atoms with Gasteiger partial charge in [-0.05, 0) is 50.5 Å². The number of carbonyl (C=O) groups excluding carboxylic acids is 2. The van der Waals surface area contributed by atoms with Crippen LogP contribution in [0.25, 0.3) is 0 Å². The minimum Gasteiger partial charge on any atom is -0.489 e. The Hall–Kier alpha value is -3.65. The van der Waals surface area contributed by atoms with E-state index in [0.29, 0.717) is 30.0 Å². The second kappa shape index (κ2) is 11.0. The molecule has 3 atom stereocenters. The van der Waals surface area contributed by atoms with Gasteiger partial charge in [0.15, 0.2) is 5.82 Å². The molecular formula is C24H29F3N6O5. The Morgan fingerprint density at radius 3 is 2.74 bits per heavy atom. The third-order valence-corrected chi connectivity index (χ3v) is 6.39. The van der Waals surface area contributed by atoms with Crippen molar-refractivity contribution in [1.29, 1.82) is 0 Å². The van der Waals surface area contributed by atoms with E-state index >= 15 is 0 Å². The maximum atomic E-state index is 13.4. The molecule has 0 saturated carbocycles. The number of fused-ring (bicyclic) bond motifs is 4. The van der Waals surface area contributed by atoms with Crippen molar-refractivity contribution in [3.8, 4) is 5.75 Å². The molecule has 4 N–H and O–H groups in total. The molecule has 4 rings (SSSR count). The zero-order chi connectivity index (χ0) is 27.6. The molecule has 3 amide bonds. The van der Waals surface area contributed by atoms with Crippen molar-refractivity contribution in [2.75, 3.05) is 41.4 Å². The Kier molecular flexibility index (Phi) is 7.92. The van der Waals surface area contributed by atoms with Crippen LogP contribution in [-0.4, -0.2) is 82.8 Å². The number of anilines is 3. The molecule has 38 heavy (non-hydrogen) atoms. The molecule has 1 saturated heterocycles. The average molecular weight is 539 g/mol. The van der Waals surface area contributed by atoms with Crippen LogP contribution in [0.3, 0.4) is 0 Å². The Morgan fingerprint density at radius 2 is 2.08 bits per heavy atom. The van der Waals surface area contributed by atoms with E-state index in [-0.39, 0.29) is 30.0 Å². The number of aryl methyl sites for hydroxylation is 1. The van der Waals surface area contributed by atoms with Gasteiger partial charge in [0.1, 0.15) is 36.0 Å². The number of carbonyl (C=O) groups is 2. The number of ether oxygens (including phenoxy) is 1. The van der Waals surface area contributed by atoms with Gasteiger partial charge in [-0.3, -0.25) is 15.0 Å². The number of hydrogen-bond acceptors (Lipinski definition) is 8. The second-order valence-electron chi connectivity index (χ2n) is 9.30. The molecule has 0 radical (unpaired) electrons. The van der Waals surface area contributed by atoms with Crippen LogP contribution in [0.1, 0.15) is 35.8 Å². The predicted molar refractivity (Wildman–Crippen MR) is 132 cm³/mol. The summed E-state index contributed by atoms with van der Waals surface area (Å²) in [7, 11) is 0. The standard InChI is InChI=1S/C24H29F3N6O5/c1-13-8-18(22(36)29-14(2)24(25,26)27)30-21-20(13)32-7-3-4-15(10-32)33(21)23(37)31-19-6-5-17(9-28-19)38-12-16(35)11-34/h5-6,8-9,14-16,34-35H,3-4,7,10-12H2,1-2H3,(H,29,36)(H,28,31,37)/t14-,15+,16+/m1/s1. The highest BCUT2D eigenvalue weighted by atomic mass is 19.4. The summed E-state index contributed by atoms with van der Waals surface area (Å²) in [6.45, 7) is 3.27. The van der Waals surface area contributed by atoms with E-state index in [1.807, 2.05) is 5.32 Å². The summed E-state index contributed by atoms with van der Waals surface area (Å²) in [5, 5.41) is 22.9. The van der Waals surface area contributed by atoms with E-state index in [2.05, 4.69) is 20.2 Å². The lowest BCUT2D eigenvalue weighted by Crippen LogP contribution is -2.56. The molecule has 2 aromatic rings. The van der Waals surface area contributed by atoms with Gasteiger partial charge < -0.3 is 25.2 Å². The minimum absolute atomic E-state index is 0.130. The van der Waals surface area contributed by atoms with Crippen LogP contribution in [0.5, 0.6) is 5.75 Å². The molecule has 1 fully saturated rings. The normalized spacial score (nSPS) is 18.3. The fourth-order valence-electron chi connectivity index (χ4n) is 4.43. The number of pyridine rings is 2. The highest BCUT2D eigenvalue weighted by molar-refractivity contribution is 6.05. The van der Waals surface area contributed by atoms with Gasteiger partial charge in [-0.2, -0.15) is 13.2 Å². The van der Waals surface area contributed by atoms with Crippen molar-refractivity contribution in [3.05, 3.63) is 35.7 Å². The monoisotopic (exact) mass is 538 g/mol. The lowest BCUT2D eigenvalue weighted by atomic mass is 9.98. The van der Waals surface area contributed by atoms with Crippen molar-refractivity contribution in [1.82, 2.24) is 15.3 Å². The number of hydrogen-bond donors (Lipinski definition) is 4. The van der Waals surface area contributed by atoms with E-state index in [4.69, 9.17) is 9.84 Å². The zero-order valence-corrected chi connectivity index (χ0v) is 20.8. The molecule has 4 heterocycles. The summed E-state index contributed by atoms with van der Waals surface area (Å²) in [5.41, 5.74) is 1.04. The molecule has 11 nitrogen and oxygen atoms in total. The lowest BCUT2D eigenvalue weighted by molar-refractivity contribution is -0.149. The summed E-state index contributed by atoms with van der Waals surface area (Å²) in [4.78, 5) is 38.1. The van der Waals surface area contributed by atoms with Gasteiger partial charge in [-0.25, -0.2) is 14.8 Å². The molecule has 2 aliphatic heterocycles. The van der Waals surface area contributed by atoms with Gasteiger partial charge in [0.25, 0.3) is 5.91 Å². The summed E-state index contributed by atoms with van der Waals surface area (Å²) in [6.07, 6.45) is -2.80. The van der Waals surface area contributed by atoms with Gasteiger partial charge in [0, 0.05) is 13.1 Å². The van der Waals surface area contributed by atoms with Crippen LogP contribution in [0, 0.1) is 6.92 Å². The van der Waals surface area contributed by atoms with Gasteiger partial charge in [0.2, 0.25) is 0 Å². The quantitative estimate of drug-likeness (QED) is 0.421. The highest BCUT2D eigenvalue weighted by Gasteiger charge is 2.41. The molecule has 2 aromatic heterocycles. The predicted octanol–water partition coefficient (Wildman–Crippen LogP) is 2.22. The van der Waals surface area contributed by atoms with Crippen LogP contribution in [0.4, 0.5) is 35.3 Å². The molecular weight excluding hydrogens is 509 g/mol. The van der Waals surface area contributed by atoms with Gasteiger partial charge in [-0.15, -0.1) is 0 Å². The van der Waals surface area contributed by atoms with Crippen molar-refractivity contribution in [2.45, 2.75) is 51.1 Å². The van der Waals surface area contributed by atoms with Crippen molar-refractivity contribution in [2.24, 2.45) is 0 Å². The highest BCUT2D eigenvalue weighted by Crippen LogP contribution is 2.40. The summed E-state index contributed by atoms with van der Waals surface area (Å²) in [5.74, 6) is -0.270. The lowest BCUT2D eigenvalue weighted by Gasteiger charge is -2.46. The zero-order valence-electron chi connectivity index (χ0n) is 20.8. The minimum atomic E-state index is -4.61. The Labute approximate surface area is 216 Å². The fraction of sp³-hybridized carbons (Fsp3) is 0.500. The SMILES string of the molecule is Cc1cc(C(=O)N[C@H](C)C(F)(F)F)nc2c1N1CCC[C@@H](C1)N2C(=O)Nc1ccc(OC[C@@H](O)CO)cn1. The number of piperidine rings is 1. The van der Waals surface area contributed by atoms with Gasteiger partial charge >= 0.3 is 12.2 Å². The van der Waals surface area contributed by atoms with Crippen LogP contribution in [-0.2, 0) is 0 Å². The number of amides is 3. The van der Waals surface area contributed by atoms with Crippen LogP contribution in [0.15, 0.2) is 24.4 Å². The molecule has 2 aliphatic rings. The van der Waals surface area contributed by atoms with Gasteiger partial charge in [0.05, 0.1) is 24.5 Å². The summed E-state index contributed by atoms with van der Waals surface area (Å²) in [6, 6.07) is 1.57. The van der Waals surface area contributed by atoms with Crippen LogP contribution < -0.4 is 25.2 Å². The number of urea groups is 1. The van der Waals surface area contributed by atoms with Crippen LogP contribution in [0.2, 0.25) is 0 Å². The Bertz CT molecular complexity index is 1180. The Morgan fingerprint density at radius 1 is 1.32 bits per heavy atom. The molecule has 0 spiro atoms. The van der Waals surface area contributed by atoms with E-state index in [1.165, 1.54) is 29.3 Å². The fourth-order valence-corrected chi connectivity index (χ4v) is 4.43. The molecule has 14 heteroatoms. The first kappa shape index (κ1) is 27.4. The number of rotatable bonds is 7. The number of halogens is 3.